The third kappa shape index (κ3) is 2.89. The van der Waals surface area contributed by atoms with Crippen molar-refractivity contribution < 1.29 is 8.78 Å². The van der Waals surface area contributed by atoms with Gasteiger partial charge in [-0.25, -0.2) is 8.78 Å². The largest absolute Gasteiger partial charge is 0.379 e. The maximum absolute atomic E-state index is 13.3. The van der Waals surface area contributed by atoms with E-state index in [4.69, 9.17) is 5.26 Å². The Bertz CT molecular complexity index is 362. The zero-order valence-corrected chi connectivity index (χ0v) is 8.27. The van der Waals surface area contributed by atoms with Gasteiger partial charge in [0.1, 0.15) is 5.69 Å². The molecular weight excluding hydrogens is 200 g/mol. The molecule has 2 N–H and O–H groups in total. The number of likely N-dealkylation sites (N-methyl/N-ethyl adjacent to an activating group) is 1. The lowest BCUT2D eigenvalue weighted by molar-refractivity contribution is 0.586. The lowest BCUT2D eigenvalue weighted by atomic mass is 10.2. The highest BCUT2D eigenvalue weighted by Gasteiger charge is 2.10. The van der Waals surface area contributed by atoms with E-state index in [0.717, 1.165) is 12.1 Å². The average molecular weight is 211 g/mol. The van der Waals surface area contributed by atoms with Crippen LogP contribution in [0, 0.1) is 23.0 Å². The zero-order valence-electron chi connectivity index (χ0n) is 8.27. The quantitative estimate of drug-likeness (QED) is 0.741. The van der Waals surface area contributed by atoms with Crippen LogP contribution >= 0.6 is 0 Å². The lowest BCUT2D eigenvalue weighted by Gasteiger charge is -2.08. The van der Waals surface area contributed by atoms with Gasteiger partial charge in [0.05, 0.1) is 11.6 Å². The van der Waals surface area contributed by atoms with Crippen molar-refractivity contribution >= 4 is 5.69 Å². The number of anilines is 1. The third-order valence-corrected chi connectivity index (χ3v) is 1.85. The maximum atomic E-state index is 13.3. The van der Waals surface area contributed by atoms with Crippen LogP contribution in [-0.4, -0.2) is 20.1 Å². The topological polar surface area (TPSA) is 47.8 Å². The Hall–Kier alpha value is -1.67. The minimum absolute atomic E-state index is 0.0239. The summed E-state index contributed by atoms with van der Waals surface area (Å²) in [4.78, 5) is 0. The number of benzene rings is 1. The summed E-state index contributed by atoms with van der Waals surface area (Å²) in [6.45, 7) is 1.01. The van der Waals surface area contributed by atoms with Gasteiger partial charge in [0.25, 0.3) is 0 Å². The molecule has 0 aliphatic carbocycles. The molecule has 0 aromatic heterocycles. The van der Waals surface area contributed by atoms with Crippen molar-refractivity contribution in [2.24, 2.45) is 0 Å². The van der Waals surface area contributed by atoms with Gasteiger partial charge in [-0.1, -0.05) is 0 Å². The minimum atomic E-state index is -0.748. The fraction of sp³-hybridized carbons (Fsp3) is 0.300. The molecule has 15 heavy (non-hydrogen) atoms. The molecule has 0 saturated heterocycles. The molecule has 1 rings (SSSR count). The van der Waals surface area contributed by atoms with Crippen LogP contribution in [0.4, 0.5) is 14.5 Å². The van der Waals surface area contributed by atoms with Crippen molar-refractivity contribution in [3.05, 3.63) is 29.3 Å². The molecule has 0 bridgehead atoms. The molecule has 80 valence electrons. The summed E-state index contributed by atoms with van der Waals surface area (Å²) in [6, 6.07) is 3.69. The van der Waals surface area contributed by atoms with E-state index < -0.39 is 11.6 Å². The van der Waals surface area contributed by atoms with Crippen molar-refractivity contribution in [2.45, 2.75) is 0 Å². The lowest BCUT2D eigenvalue weighted by Crippen LogP contribution is -2.18. The van der Waals surface area contributed by atoms with Crippen LogP contribution in [0.5, 0.6) is 0 Å². The van der Waals surface area contributed by atoms with Crippen molar-refractivity contribution in [3.8, 4) is 6.07 Å². The van der Waals surface area contributed by atoms with Gasteiger partial charge >= 0.3 is 0 Å². The Kier molecular flexibility index (Phi) is 4.01. The predicted molar refractivity (Wildman–Crippen MR) is 53.5 cm³/mol. The van der Waals surface area contributed by atoms with E-state index in [1.807, 2.05) is 0 Å². The Balaban J connectivity index is 2.85. The van der Waals surface area contributed by atoms with Crippen LogP contribution in [0.1, 0.15) is 5.56 Å². The Morgan fingerprint density at radius 1 is 1.27 bits per heavy atom. The molecule has 0 atom stereocenters. The van der Waals surface area contributed by atoms with E-state index in [9.17, 15) is 8.78 Å². The monoisotopic (exact) mass is 211 g/mol. The average Bonchev–Trinajstić information content (AvgIpc) is 2.22. The number of nitrogens with zero attached hydrogens (tertiary/aromatic N) is 1. The molecule has 0 fully saturated rings. The van der Waals surface area contributed by atoms with E-state index in [1.165, 1.54) is 0 Å². The third-order valence-electron chi connectivity index (χ3n) is 1.85. The van der Waals surface area contributed by atoms with Gasteiger partial charge in [0.2, 0.25) is 0 Å². The van der Waals surface area contributed by atoms with E-state index in [1.54, 1.807) is 13.1 Å². The second-order valence-corrected chi connectivity index (χ2v) is 2.96. The molecule has 1 aromatic rings. The molecule has 0 heterocycles. The summed E-state index contributed by atoms with van der Waals surface area (Å²) in [6.07, 6.45) is 0. The molecule has 0 aliphatic rings. The first kappa shape index (κ1) is 11.4. The minimum Gasteiger partial charge on any atom is -0.379 e. The molecule has 1 aromatic carbocycles. The molecule has 0 aliphatic heterocycles. The number of halogens is 2. The number of rotatable bonds is 4. The molecule has 0 unspecified atom stereocenters. The van der Waals surface area contributed by atoms with Gasteiger partial charge in [0, 0.05) is 13.1 Å². The Morgan fingerprint density at radius 2 is 1.87 bits per heavy atom. The van der Waals surface area contributed by atoms with Crippen molar-refractivity contribution in [2.75, 3.05) is 25.5 Å². The van der Waals surface area contributed by atoms with Crippen LogP contribution in [-0.2, 0) is 0 Å². The van der Waals surface area contributed by atoms with Crippen LogP contribution in [0.25, 0.3) is 0 Å². The first-order valence-electron chi connectivity index (χ1n) is 4.46. The van der Waals surface area contributed by atoms with Gasteiger partial charge in [-0.2, -0.15) is 5.26 Å². The van der Waals surface area contributed by atoms with Gasteiger partial charge in [-0.15, -0.1) is 0 Å². The summed E-state index contributed by atoms with van der Waals surface area (Å²) >= 11 is 0. The van der Waals surface area contributed by atoms with Gasteiger partial charge in [-0.3, -0.25) is 0 Å². The summed E-state index contributed by atoms with van der Waals surface area (Å²) < 4.78 is 26.5. The fourth-order valence-corrected chi connectivity index (χ4v) is 1.12. The van der Waals surface area contributed by atoms with Crippen molar-refractivity contribution in [1.29, 1.82) is 5.26 Å². The number of nitrogens with one attached hydrogen (secondary N) is 2. The van der Waals surface area contributed by atoms with Crippen molar-refractivity contribution in [1.82, 2.24) is 5.32 Å². The van der Waals surface area contributed by atoms with Crippen LogP contribution in [0.2, 0.25) is 0 Å². The Morgan fingerprint density at radius 3 is 2.33 bits per heavy atom. The standard InChI is InChI=1S/C10H11F2N3/c1-14-2-3-15-10-8(11)4-7(6-13)5-9(10)12/h4-5,14-15H,2-3H2,1H3. The smallest absolute Gasteiger partial charge is 0.150 e. The SMILES string of the molecule is CNCCNc1c(F)cc(C#N)cc1F. The Labute approximate surface area is 86.7 Å². The summed E-state index contributed by atoms with van der Waals surface area (Å²) in [5, 5.41) is 13.9. The molecule has 0 spiro atoms. The number of nitriles is 1. The second kappa shape index (κ2) is 5.27. The highest BCUT2D eigenvalue weighted by Crippen LogP contribution is 2.19. The van der Waals surface area contributed by atoms with Crippen LogP contribution in [0.3, 0.4) is 0 Å². The van der Waals surface area contributed by atoms with Gasteiger partial charge < -0.3 is 10.6 Å². The summed E-state index contributed by atoms with van der Waals surface area (Å²) in [7, 11) is 1.74. The summed E-state index contributed by atoms with van der Waals surface area (Å²) in [5.41, 5.74) is -0.214. The van der Waals surface area contributed by atoms with E-state index in [-0.39, 0.29) is 11.3 Å². The molecule has 0 amide bonds. The van der Waals surface area contributed by atoms with Crippen LogP contribution < -0.4 is 10.6 Å². The maximum Gasteiger partial charge on any atom is 0.150 e. The predicted octanol–water partition coefficient (Wildman–Crippen LogP) is 1.47. The zero-order chi connectivity index (χ0) is 11.3. The van der Waals surface area contributed by atoms with E-state index in [0.29, 0.717) is 13.1 Å². The van der Waals surface area contributed by atoms with E-state index in [2.05, 4.69) is 10.6 Å². The summed E-state index contributed by atoms with van der Waals surface area (Å²) in [5.74, 6) is -1.50. The first-order valence-corrected chi connectivity index (χ1v) is 4.46. The fourth-order valence-electron chi connectivity index (χ4n) is 1.12. The second-order valence-electron chi connectivity index (χ2n) is 2.96. The van der Waals surface area contributed by atoms with Gasteiger partial charge in [-0.05, 0) is 19.2 Å². The number of hydrogen-bond acceptors (Lipinski definition) is 3. The van der Waals surface area contributed by atoms with Gasteiger partial charge in [0.15, 0.2) is 11.6 Å². The molecular formula is C10H11F2N3. The molecule has 0 saturated carbocycles. The highest BCUT2D eigenvalue weighted by atomic mass is 19.1. The molecule has 0 radical (unpaired) electrons. The molecule has 3 nitrogen and oxygen atoms in total. The van der Waals surface area contributed by atoms with Crippen molar-refractivity contribution in [3.63, 3.8) is 0 Å². The highest BCUT2D eigenvalue weighted by molar-refractivity contribution is 5.50. The van der Waals surface area contributed by atoms with Crippen LogP contribution in [0.15, 0.2) is 12.1 Å². The molecule has 5 heteroatoms. The van der Waals surface area contributed by atoms with E-state index >= 15 is 0 Å². The first-order chi connectivity index (χ1) is 7.19. The number of hydrogen-bond donors (Lipinski definition) is 2. The normalized spacial score (nSPS) is 9.73.